The van der Waals surface area contributed by atoms with Crippen molar-refractivity contribution in [2.75, 3.05) is 13.1 Å². The Labute approximate surface area is 135 Å². The molecule has 2 rings (SSSR count). The van der Waals surface area contributed by atoms with Crippen LogP contribution in [0.15, 0.2) is 42.0 Å². The fourth-order valence-corrected chi connectivity index (χ4v) is 2.49. The molecule has 1 atom stereocenters. The maximum Gasteiger partial charge on any atom is 0.350 e. The third-order valence-electron chi connectivity index (χ3n) is 3.72. The molecule has 6 heteroatoms. The number of imide groups is 1. The predicted octanol–water partition coefficient (Wildman–Crippen LogP) is 1.99. The first-order valence-corrected chi connectivity index (χ1v) is 7.80. The summed E-state index contributed by atoms with van der Waals surface area (Å²) in [6.45, 7) is 4.35. The summed E-state index contributed by atoms with van der Waals surface area (Å²) in [5.41, 5.74) is 0.512. The van der Waals surface area contributed by atoms with Gasteiger partial charge < -0.3 is 5.32 Å². The van der Waals surface area contributed by atoms with E-state index in [1.165, 1.54) is 4.90 Å². The van der Waals surface area contributed by atoms with Crippen molar-refractivity contribution in [1.29, 1.82) is 0 Å². The Hall–Kier alpha value is -2.50. The van der Waals surface area contributed by atoms with Crippen LogP contribution in [0.3, 0.4) is 0 Å². The van der Waals surface area contributed by atoms with E-state index < -0.39 is 11.9 Å². The summed E-state index contributed by atoms with van der Waals surface area (Å²) in [6, 6.07) is -0.495. The number of nitrogens with zero attached hydrogens (tertiary/aromatic N) is 2. The van der Waals surface area contributed by atoms with Crippen LogP contribution in [0.25, 0.3) is 0 Å². The molecule has 0 saturated carbocycles. The summed E-state index contributed by atoms with van der Waals surface area (Å²) in [6.07, 6.45) is 11.2. The maximum absolute atomic E-state index is 12.3. The van der Waals surface area contributed by atoms with Crippen molar-refractivity contribution in [1.82, 2.24) is 10.2 Å². The zero-order chi connectivity index (χ0) is 16.7. The second kappa shape index (κ2) is 8.22. The number of carbonyl (C=O) groups excluding carboxylic acids is 3. The topological polar surface area (TPSA) is 78.8 Å². The van der Waals surface area contributed by atoms with Crippen molar-refractivity contribution >= 4 is 23.6 Å². The lowest BCUT2D eigenvalue weighted by atomic mass is 9.95. The van der Waals surface area contributed by atoms with E-state index in [2.05, 4.69) is 16.9 Å². The number of fused-ring (bicyclic) bond motifs is 1. The molecule has 0 radical (unpaired) electrons. The minimum atomic E-state index is -0.495. The molecule has 23 heavy (non-hydrogen) atoms. The van der Waals surface area contributed by atoms with E-state index in [1.54, 1.807) is 30.4 Å². The SMILES string of the molecule is C=CCNC(=O)CCCCCN1C(=O)N=C2C=CC=CC2C1=O. The highest BCUT2D eigenvalue weighted by Crippen LogP contribution is 2.20. The zero-order valence-corrected chi connectivity index (χ0v) is 13.0. The molecule has 0 bridgehead atoms. The Morgan fingerprint density at radius 3 is 2.91 bits per heavy atom. The van der Waals surface area contributed by atoms with E-state index in [1.807, 2.05) is 0 Å². The number of amides is 4. The number of allylic oxidation sites excluding steroid dienone is 3. The number of urea groups is 1. The third kappa shape index (κ3) is 4.48. The molecule has 0 aromatic rings. The van der Waals surface area contributed by atoms with Crippen LogP contribution < -0.4 is 5.32 Å². The van der Waals surface area contributed by atoms with Crippen molar-refractivity contribution in [2.24, 2.45) is 10.9 Å². The molecule has 0 aromatic heterocycles. The van der Waals surface area contributed by atoms with Gasteiger partial charge >= 0.3 is 6.03 Å². The van der Waals surface area contributed by atoms with Gasteiger partial charge in [0, 0.05) is 19.5 Å². The number of unbranched alkanes of at least 4 members (excludes halogenated alkanes) is 2. The first kappa shape index (κ1) is 16.9. The van der Waals surface area contributed by atoms with Crippen LogP contribution in [0.2, 0.25) is 0 Å². The molecule has 0 saturated heterocycles. The average Bonchev–Trinajstić information content (AvgIpc) is 2.55. The highest BCUT2D eigenvalue weighted by atomic mass is 16.2. The highest BCUT2D eigenvalue weighted by Gasteiger charge is 2.34. The number of hydrogen-bond acceptors (Lipinski definition) is 3. The summed E-state index contributed by atoms with van der Waals surface area (Å²) >= 11 is 0. The van der Waals surface area contributed by atoms with Gasteiger partial charge in [0.15, 0.2) is 0 Å². The largest absolute Gasteiger partial charge is 0.353 e. The fraction of sp³-hybridized carbons (Fsp3) is 0.412. The minimum Gasteiger partial charge on any atom is -0.353 e. The molecule has 1 aliphatic carbocycles. The van der Waals surface area contributed by atoms with E-state index >= 15 is 0 Å². The molecule has 2 aliphatic rings. The molecule has 1 N–H and O–H groups in total. The Morgan fingerprint density at radius 1 is 1.30 bits per heavy atom. The van der Waals surface area contributed by atoms with Crippen LogP contribution in [0.5, 0.6) is 0 Å². The first-order chi connectivity index (χ1) is 11.1. The summed E-state index contributed by atoms with van der Waals surface area (Å²) in [7, 11) is 0. The smallest absolute Gasteiger partial charge is 0.350 e. The van der Waals surface area contributed by atoms with Crippen molar-refractivity contribution in [2.45, 2.75) is 25.7 Å². The highest BCUT2D eigenvalue weighted by molar-refractivity contribution is 6.21. The summed E-state index contributed by atoms with van der Waals surface area (Å²) in [4.78, 5) is 40.9. The lowest BCUT2D eigenvalue weighted by molar-refractivity contribution is -0.129. The molecule has 1 aliphatic heterocycles. The van der Waals surface area contributed by atoms with Gasteiger partial charge in [-0.2, -0.15) is 4.99 Å². The Kier molecular flexibility index (Phi) is 6.02. The zero-order valence-electron chi connectivity index (χ0n) is 13.0. The summed E-state index contributed by atoms with van der Waals surface area (Å²) in [5.74, 6) is -0.671. The van der Waals surface area contributed by atoms with Gasteiger partial charge in [-0.05, 0) is 18.9 Å². The lowest BCUT2D eigenvalue weighted by Gasteiger charge is -2.28. The normalized spacial score (nSPS) is 19.4. The van der Waals surface area contributed by atoms with E-state index in [0.29, 0.717) is 31.6 Å². The van der Waals surface area contributed by atoms with Crippen LogP contribution >= 0.6 is 0 Å². The van der Waals surface area contributed by atoms with Gasteiger partial charge in [-0.1, -0.05) is 30.7 Å². The number of carbonyl (C=O) groups is 3. The molecule has 4 amide bonds. The monoisotopic (exact) mass is 315 g/mol. The second-order valence-corrected chi connectivity index (χ2v) is 5.43. The number of nitrogens with one attached hydrogen (secondary N) is 1. The standard InChI is InChI=1S/C17H21N3O3/c1-2-11-18-15(21)10-4-3-7-12-20-16(22)13-8-5-6-9-14(13)19-17(20)23/h2,5-6,8-9,13H,1,3-4,7,10-12H2,(H,18,21). The van der Waals surface area contributed by atoms with Crippen LogP contribution in [-0.4, -0.2) is 41.5 Å². The van der Waals surface area contributed by atoms with E-state index in [-0.39, 0.29) is 11.8 Å². The molecule has 6 nitrogen and oxygen atoms in total. The first-order valence-electron chi connectivity index (χ1n) is 7.80. The van der Waals surface area contributed by atoms with Crippen molar-refractivity contribution < 1.29 is 14.4 Å². The van der Waals surface area contributed by atoms with Gasteiger partial charge in [0.2, 0.25) is 11.8 Å². The Balaban J connectivity index is 1.75. The summed E-state index contributed by atoms with van der Waals surface area (Å²) < 4.78 is 0. The maximum atomic E-state index is 12.3. The van der Waals surface area contributed by atoms with Gasteiger partial charge in [-0.25, -0.2) is 4.79 Å². The van der Waals surface area contributed by atoms with E-state index in [4.69, 9.17) is 0 Å². The van der Waals surface area contributed by atoms with E-state index in [0.717, 1.165) is 12.8 Å². The molecule has 0 spiro atoms. The second-order valence-electron chi connectivity index (χ2n) is 5.43. The number of rotatable bonds is 8. The molecule has 0 aromatic carbocycles. The van der Waals surface area contributed by atoms with Crippen molar-refractivity contribution in [3.8, 4) is 0 Å². The van der Waals surface area contributed by atoms with Gasteiger partial charge in [0.1, 0.15) is 0 Å². The lowest BCUT2D eigenvalue weighted by Crippen LogP contribution is -2.46. The molecule has 1 heterocycles. The van der Waals surface area contributed by atoms with Crippen molar-refractivity contribution in [3.63, 3.8) is 0 Å². The molecular formula is C17H21N3O3. The minimum absolute atomic E-state index is 0.0107. The predicted molar refractivity (Wildman–Crippen MR) is 88.0 cm³/mol. The molecule has 1 unspecified atom stereocenters. The van der Waals surface area contributed by atoms with Crippen LogP contribution in [0.1, 0.15) is 25.7 Å². The van der Waals surface area contributed by atoms with E-state index in [9.17, 15) is 14.4 Å². The summed E-state index contributed by atoms with van der Waals surface area (Å²) in [5, 5.41) is 2.71. The Morgan fingerprint density at radius 2 is 2.13 bits per heavy atom. The Bertz CT molecular complexity index is 590. The molecular weight excluding hydrogens is 294 g/mol. The third-order valence-corrected chi connectivity index (χ3v) is 3.72. The van der Waals surface area contributed by atoms with Gasteiger partial charge in [0.05, 0.1) is 11.6 Å². The number of hydrogen-bond donors (Lipinski definition) is 1. The van der Waals surface area contributed by atoms with Gasteiger partial charge in [-0.3, -0.25) is 14.5 Å². The van der Waals surface area contributed by atoms with Gasteiger partial charge in [0.25, 0.3) is 0 Å². The van der Waals surface area contributed by atoms with Crippen LogP contribution in [0.4, 0.5) is 4.79 Å². The average molecular weight is 315 g/mol. The molecule has 122 valence electrons. The number of aliphatic imine (C=N–C) groups is 1. The fourth-order valence-electron chi connectivity index (χ4n) is 2.49. The van der Waals surface area contributed by atoms with Crippen LogP contribution in [0, 0.1) is 5.92 Å². The van der Waals surface area contributed by atoms with Gasteiger partial charge in [-0.15, -0.1) is 6.58 Å². The van der Waals surface area contributed by atoms with Crippen molar-refractivity contribution in [3.05, 3.63) is 37.0 Å². The quantitative estimate of drug-likeness (QED) is 0.549. The molecule has 0 fully saturated rings. The van der Waals surface area contributed by atoms with Crippen LogP contribution in [-0.2, 0) is 9.59 Å².